The van der Waals surface area contributed by atoms with E-state index in [4.69, 9.17) is 9.40 Å². The number of rotatable bonds is 7. The molecule has 0 spiro atoms. The van der Waals surface area contributed by atoms with Gasteiger partial charge in [-0.3, -0.25) is 0 Å². The number of benzene rings is 8. The molecular weight excluding hydrogens is 609 g/mol. The van der Waals surface area contributed by atoms with E-state index >= 15 is 0 Å². The molecule has 8 aromatic carbocycles. The van der Waals surface area contributed by atoms with Crippen LogP contribution in [-0.4, -0.2) is 4.98 Å². The van der Waals surface area contributed by atoms with E-state index in [0.717, 1.165) is 50.4 Å². The zero-order valence-electron chi connectivity index (χ0n) is 27.3. The van der Waals surface area contributed by atoms with Gasteiger partial charge in [0.2, 0.25) is 5.89 Å². The summed E-state index contributed by atoms with van der Waals surface area (Å²) in [6.07, 6.45) is 0. The summed E-state index contributed by atoms with van der Waals surface area (Å²) in [5.41, 5.74) is 12.7. The van der Waals surface area contributed by atoms with Crippen LogP contribution < -0.4 is 4.90 Å². The summed E-state index contributed by atoms with van der Waals surface area (Å²) in [6.45, 7) is 0. The lowest BCUT2D eigenvalue weighted by Gasteiger charge is -2.26. The predicted octanol–water partition coefficient (Wildman–Crippen LogP) is 13.1. The second-order valence-electron chi connectivity index (χ2n) is 12.4. The summed E-state index contributed by atoms with van der Waals surface area (Å²) in [7, 11) is 0. The van der Waals surface area contributed by atoms with E-state index in [2.05, 4.69) is 181 Å². The average molecular weight is 641 g/mol. The summed E-state index contributed by atoms with van der Waals surface area (Å²) < 4.78 is 6.29. The number of aromatic nitrogens is 1. The molecule has 0 saturated heterocycles. The molecular formula is C47H32N2O. The van der Waals surface area contributed by atoms with Crippen molar-refractivity contribution >= 4 is 38.9 Å². The minimum atomic E-state index is 0.617. The van der Waals surface area contributed by atoms with Crippen molar-refractivity contribution in [2.24, 2.45) is 0 Å². The molecule has 3 heteroatoms. The lowest BCUT2D eigenvalue weighted by molar-refractivity contribution is 0.620. The molecule has 0 radical (unpaired) electrons. The molecule has 1 heterocycles. The molecule has 0 atom stereocenters. The van der Waals surface area contributed by atoms with Gasteiger partial charge < -0.3 is 9.32 Å². The van der Waals surface area contributed by atoms with Gasteiger partial charge >= 0.3 is 0 Å². The molecule has 0 unspecified atom stereocenters. The third-order valence-electron chi connectivity index (χ3n) is 9.34. The van der Waals surface area contributed by atoms with E-state index < -0.39 is 0 Å². The fourth-order valence-electron chi connectivity index (χ4n) is 6.82. The van der Waals surface area contributed by atoms with Crippen LogP contribution in [0, 0.1) is 0 Å². The average Bonchev–Trinajstić information content (AvgIpc) is 3.64. The summed E-state index contributed by atoms with van der Waals surface area (Å²) in [4.78, 5) is 7.29. The summed E-state index contributed by atoms with van der Waals surface area (Å²) >= 11 is 0. The number of oxazole rings is 1. The van der Waals surface area contributed by atoms with Gasteiger partial charge in [-0.1, -0.05) is 140 Å². The third-order valence-corrected chi connectivity index (χ3v) is 9.34. The molecule has 0 fully saturated rings. The Labute approximate surface area is 291 Å². The molecule has 0 aliphatic rings. The van der Waals surface area contributed by atoms with Crippen molar-refractivity contribution in [1.29, 1.82) is 0 Å². The van der Waals surface area contributed by atoms with Crippen LogP contribution in [-0.2, 0) is 0 Å². The Morgan fingerprint density at radius 1 is 0.360 bits per heavy atom. The maximum atomic E-state index is 6.29. The Morgan fingerprint density at radius 2 is 0.860 bits per heavy atom. The van der Waals surface area contributed by atoms with Gasteiger partial charge in [0.25, 0.3) is 0 Å². The van der Waals surface area contributed by atoms with Crippen LogP contribution in [0.1, 0.15) is 0 Å². The molecule has 0 aliphatic heterocycles. The molecule has 0 aliphatic carbocycles. The van der Waals surface area contributed by atoms with E-state index in [1.807, 2.05) is 18.2 Å². The highest BCUT2D eigenvalue weighted by Gasteiger charge is 2.16. The van der Waals surface area contributed by atoms with Crippen molar-refractivity contribution in [2.75, 3.05) is 4.90 Å². The first kappa shape index (κ1) is 29.4. The molecule has 1 aromatic heterocycles. The highest BCUT2D eigenvalue weighted by atomic mass is 16.3. The lowest BCUT2D eigenvalue weighted by atomic mass is 9.98. The van der Waals surface area contributed by atoms with E-state index in [1.165, 1.54) is 27.5 Å². The molecule has 50 heavy (non-hydrogen) atoms. The smallest absolute Gasteiger partial charge is 0.227 e. The number of hydrogen-bond acceptors (Lipinski definition) is 3. The van der Waals surface area contributed by atoms with Gasteiger partial charge in [-0.2, -0.15) is 0 Å². The maximum absolute atomic E-state index is 6.29. The highest BCUT2D eigenvalue weighted by Crippen LogP contribution is 2.39. The van der Waals surface area contributed by atoms with E-state index in [-0.39, 0.29) is 0 Å². The molecule has 0 saturated carbocycles. The number of fused-ring (bicyclic) bond motifs is 2. The summed E-state index contributed by atoms with van der Waals surface area (Å²) in [5.74, 6) is 0.617. The van der Waals surface area contributed by atoms with E-state index in [0.29, 0.717) is 5.89 Å². The Morgan fingerprint density at radius 3 is 1.58 bits per heavy atom. The Hall–Kier alpha value is -6.71. The van der Waals surface area contributed by atoms with Crippen molar-refractivity contribution < 1.29 is 4.42 Å². The molecule has 9 rings (SSSR count). The number of para-hydroxylation sites is 2. The van der Waals surface area contributed by atoms with Gasteiger partial charge in [0, 0.05) is 28.2 Å². The number of nitrogens with zero attached hydrogens (tertiary/aromatic N) is 2. The first-order valence-electron chi connectivity index (χ1n) is 16.9. The fourth-order valence-corrected chi connectivity index (χ4v) is 6.82. The van der Waals surface area contributed by atoms with Gasteiger partial charge in [0.15, 0.2) is 5.58 Å². The normalized spacial score (nSPS) is 11.2. The molecule has 9 aromatic rings. The van der Waals surface area contributed by atoms with Gasteiger partial charge in [-0.15, -0.1) is 0 Å². The van der Waals surface area contributed by atoms with Crippen LogP contribution in [0.15, 0.2) is 199 Å². The van der Waals surface area contributed by atoms with Gasteiger partial charge in [0.1, 0.15) is 5.52 Å². The topological polar surface area (TPSA) is 29.3 Å². The highest BCUT2D eigenvalue weighted by molar-refractivity contribution is 5.97. The minimum absolute atomic E-state index is 0.617. The number of anilines is 3. The second kappa shape index (κ2) is 12.7. The molecule has 0 amide bonds. The standard InChI is InChI=1S/C47H32N2O/c1-3-11-33(12-4-1)34-21-23-38(24-22-34)47-48-46-44(19-10-20-45(46)50-47)37-27-31-41(32-28-37)49(39-15-5-2-6-16-39)40-29-25-36(26-30-40)43-18-9-14-35-13-7-8-17-42(35)43/h1-32H. The van der Waals surface area contributed by atoms with Gasteiger partial charge in [0.05, 0.1) is 0 Å². The Kier molecular flexibility index (Phi) is 7.49. The first-order chi connectivity index (χ1) is 24.8. The minimum Gasteiger partial charge on any atom is -0.436 e. The maximum Gasteiger partial charge on any atom is 0.227 e. The second-order valence-corrected chi connectivity index (χ2v) is 12.4. The lowest BCUT2D eigenvalue weighted by Crippen LogP contribution is -2.09. The van der Waals surface area contributed by atoms with Crippen LogP contribution in [0.25, 0.3) is 66.7 Å². The van der Waals surface area contributed by atoms with Gasteiger partial charge in [-0.25, -0.2) is 4.98 Å². The van der Waals surface area contributed by atoms with Crippen molar-refractivity contribution in [3.8, 4) is 44.8 Å². The Bertz CT molecular complexity index is 2550. The van der Waals surface area contributed by atoms with E-state index in [1.54, 1.807) is 0 Å². The molecule has 0 bridgehead atoms. The van der Waals surface area contributed by atoms with Crippen molar-refractivity contribution in [2.45, 2.75) is 0 Å². The number of hydrogen-bond donors (Lipinski definition) is 0. The molecule has 236 valence electrons. The molecule has 3 nitrogen and oxygen atoms in total. The van der Waals surface area contributed by atoms with Crippen molar-refractivity contribution in [1.82, 2.24) is 4.98 Å². The zero-order valence-corrected chi connectivity index (χ0v) is 27.3. The van der Waals surface area contributed by atoms with Crippen molar-refractivity contribution in [3.63, 3.8) is 0 Å². The summed E-state index contributed by atoms with van der Waals surface area (Å²) in [6, 6.07) is 68.1. The van der Waals surface area contributed by atoms with Crippen LogP contribution in [0.3, 0.4) is 0 Å². The Balaban J connectivity index is 1.04. The molecule has 0 N–H and O–H groups in total. The fraction of sp³-hybridized carbons (Fsp3) is 0. The van der Waals surface area contributed by atoms with Crippen LogP contribution in [0.5, 0.6) is 0 Å². The third kappa shape index (κ3) is 5.51. The monoisotopic (exact) mass is 640 g/mol. The van der Waals surface area contributed by atoms with Crippen LogP contribution in [0.2, 0.25) is 0 Å². The zero-order chi connectivity index (χ0) is 33.3. The van der Waals surface area contributed by atoms with Gasteiger partial charge in [-0.05, 0) is 93.2 Å². The predicted molar refractivity (Wildman–Crippen MR) is 208 cm³/mol. The quantitative estimate of drug-likeness (QED) is 0.174. The van der Waals surface area contributed by atoms with E-state index in [9.17, 15) is 0 Å². The van der Waals surface area contributed by atoms with Crippen LogP contribution in [0.4, 0.5) is 17.1 Å². The first-order valence-corrected chi connectivity index (χ1v) is 16.9. The largest absolute Gasteiger partial charge is 0.436 e. The van der Waals surface area contributed by atoms with Crippen molar-refractivity contribution in [3.05, 3.63) is 194 Å². The summed E-state index contributed by atoms with van der Waals surface area (Å²) in [5, 5.41) is 2.50. The SMILES string of the molecule is c1ccc(-c2ccc(-c3nc4c(-c5ccc(N(c6ccccc6)c6ccc(-c7cccc8ccccc78)cc6)cc5)cccc4o3)cc2)cc1. The van der Waals surface area contributed by atoms with Crippen LogP contribution >= 0.6 is 0 Å².